The number of nitrogens with one attached hydrogen (secondary N) is 3. The Morgan fingerprint density at radius 3 is 2.69 bits per heavy atom. The van der Waals surface area contributed by atoms with Crippen LogP contribution in [0.15, 0.2) is 42.5 Å². The van der Waals surface area contributed by atoms with Crippen molar-refractivity contribution in [3.63, 3.8) is 0 Å². The highest BCUT2D eigenvalue weighted by molar-refractivity contribution is 6.09. The lowest BCUT2D eigenvalue weighted by molar-refractivity contribution is -0.133. The first-order valence-corrected chi connectivity index (χ1v) is 14.0. The van der Waals surface area contributed by atoms with Crippen LogP contribution in [0.4, 0.5) is 5.69 Å². The molecular weight excluding hydrogens is 536 g/mol. The molecule has 3 aromatic rings. The summed E-state index contributed by atoms with van der Waals surface area (Å²) < 4.78 is 5.41. The predicted octanol–water partition coefficient (Wildman–Crippen LogP) is 2.79. The van der Waals surface area contributed by atoms with Crippen LogP contribution in [0.3, 0.4) is 0 Å². The molecule has 3 atom stereocenters. The predicted molar refractivity (Wildman–Crippen MR) is 154 cm³/mol. The van der Waals surface area contributed by atoms with Gasteiger partial charge in [0.05, 0.1) is 18.6 Å². The van der Waals surface area contributed by atoms with Gasteiger partial charge in [-0.25, -0.2) is 0 Å². The second-order valence-corrected chi connectivity index (χ2v) is 11.6. The number of amides is 4. The lowest BCUT2D eigenvalue weighted by Gasteiger charge is -2.27. The van der Waals surface area contributed by atoms with Gasteiger partial charge in [0, 0.05) is 49.2 Å². The second-order valence-electron chi connectivity index (χ2n) is 11.6. The van der Waals surface area contributed by atoms with E-state index >= 15 is 0 Å². The van der Waals surface area contributed by atoms with E-state index in [4.69, 9.17) is 4.74 Å². The maximum absolute atomic E-state index is 14.1. The smallest absolute Gasteiger partial charge is 0.268 e. The Hall–Kier alpha value is -4.85. The lowest BCUT2D eigenvalue weighted by Crippen LogP contribution is -2.51. The van der Waals surface area contributed by atoms with Gasteiger partial charge in [-0.05, 0) is 54.3 Å². The maximum Gasteiger partial charge on any atom is 0.268 e. The number of carbonyl (C=O) groups is 4. The SMILES string of the molecule is COc1cccc2[nH]c(C(=O)N[C@@H](CC3CC3)C(=O)N3C[C@]4(C[C@H]3C#N)C(=O)Nc3ccc(C(=O)N(C)C)cc34)cc12. The Balaban J connectivity index is 1.29. The maximum atomic E-state index is 14.1. The number of hydrogen-bond donors (Lipinski definition) is 3. The van der Waals surface area contributed by atoms with Crippen LogP contribution in [0.1, 0.15) is 52.1 Å². The third kappa shape index (κ3) is 4.53. The number of nitrogens with zero attached hydrogens (tertiary/aromatic N) is 3. The van der Waals surface area contributed by atoms with Gasteiger partial charge >= 0.3 is 0 Å². The van der Waals surface area contributed by atoms with E-state index in [0.29, 0.717) is 40.6 Å². The van der Waals surface area contributed by atoms with Gasteiger partial charge in [0.1, 0.15) is 23.5 Å². The Bertz CT molecular complexity index is 1670. The molecule has 11 nitrogen and oxygen atoms in total. The van der Waals surface area contributed by atoms with E-state index in [9.17, 15) is 24.4 Å². The molecule has 2 aromatic carbocycles. The number of ether oxygens (including phenoxy) is 1. The summed E-state index contributed by atoms with van der Waals surface area (Å²) in [6.07, 6.45) is 2.47. The highest BCUT2D eigenvalue weighted by Gasteiger charge is 2.57. The number of hydrogen-bond acceptors (Lipinski definition) is 6. The van der Waals surface area contributed by atoms with Crippen LogP contribution >= 0.6 is 0 Å². The van der Waals surface area contributed by atoms with Gasteiger partial charge in [0.2, 0.25) is 11.8 Å². The van der Waals surface area contributed by atoms with Crippen LogP contribution in [0.2, 0.25) is 0 Å². The molecule has 2 fully saturated rings. The first kappa shape index (κ1) is 27.3. The molecule has 11 heteroatoms. The van der Waals surface area contributed by atoms with Crippen molar-refractivity contribution in [1.29, 1.82) is 5.26 Å². The van der Waals surface area contributed by atoms with E-state index in [-0.39, 0.29) is 24.8 Å². The van der Waals surface area contributed by atoms with Gasteiger partial charge < -0.3 is 30.2 Å². The minimum atomic E-state index is -1.17. The third-order valence-corrected chi connectivity index (χ3v) is 8.62. The van der Waals surface area contributed by atoms with E-state index < -0.39 is 29.3 Å². The van der Waals surface area contributed by atoms with Crippen LogP contribution in [0, 0.1) is 17.2 Å². The Labute approximate surface area is 242 Å². The number of aromatic nitrogens is 1. The summed E-state index contributed by atoms with van der Waals surface area (Å²) in [5, 5.41) is 16.6. The summed E-state index contributed by atoms with van der Waals surface area (Å²) in [6.45, 7) is -0.0247. The zero-order chi connectivity index (χ0) is 29.8. The van der Waals surface area contributed by atoms with Gasteiger partial charge in [-0.15, -0.1) is 0 Å². The molecule has 1 spiro atoms. The molecule has 42 heavy (non-hydrogen) atoms. The summed E-state index contributed by atoms with van der Waals surface area (Å²) in [7, 11) is 4.86. The van der Waals surface area contributed by atoms with Crippen LogP contribution in [0.5, 0.6) is 5.75 Å². The van der Waals surface area contributed by atoms with Crippen molar-refractivity contribution in [2.45, 2.75) is 43.2 Å². The number of fused-ring (bicyclic) bond motifs is 3. The van der Waals surface area contributed by atoms with Crippen molar-refractivity contribution in [2.24, 2.45) is 5.92 Å². The molecular formula is C31H32N6O5. The molecule has 1 aromatic heterocycles. The number of aromatic amines is 1. The number of methoxy groups -OCH3 is 1. The Kier molecular flexibility index (Phi) is 6.64. The van der Waals surface area contributed by atoms with Crippen LogP contribution < -0.4 is 15.4 Å². The number of anilines is 1. The molecule has 1 aliphatic carbocycles. The van der Waals surface area contributed by atoms with Crippen molar-refractivity contribution in [3.05, 3.63) is 59.3 Å². The quantitative estimate of drug-likeness (QED) is 0.399. The van der Waals surface area contributed by atoms with Crippen molar-refractivity contribution in [2.75, 3.05) is 33.1 Å². The standard InChI is InChI=1S/C31H32N6O5/c1-36(2)28(39)18-9-10-23-21(12-18)31(30(41)35-23)14-19(15-32)37(16-31)29(40)25(11-17-7-8-17)34-27(38)24-13-20-22(33-24)5-4-6-26(20)42-3/h4-6,9-10,12-13,17,19,25,33H,7-8,11,14,16H2,1-3H3,(H,34,38)(H,35,41)/t19-,25-,31-/m0/s1. The molecule has 2 aliphatic heterocycles. The monoisotopic (exact) mass is 568 g/mol. The zero-order valence-corrected chi connectivity index (χ0v) is 23.7. The average Bonchev–Trinajstić information content (AvgIpc) is 3.44. The number of carbonyl (C=O) groups excluding carboxylic acids is 4. The fraction of sp³-hybridized carbons (Fsp3) is 0.387. The van der Waals surface area contributed by atoms with E-state index in [1.54, 1.807) is 51.5 Å². The molecule has 0 bridgehead atoms. The normalized spacial score (nSPS) is 21.5. The van der Waals surface area contributed by atoms with Crippen molar-refractivity contribution in [3.8, 4) is 11.8 Å². The average molecular weight is 569 g/mol. The van der Waals surface area contributed by atoms with Crippen LogP contribution in [0.25, 0.3) is 10.9 Å². The number of rotatable bonds is 7. The van der Waals surface area contributed by atoms with Gasteiger partial charge in [-0.2, -0.15) is 5.26 Å². The molecule has 3 heterocycles. The molecule has 0 unspecified atom stereocenters. The summed E-state index contributed by atoms with van der Waals surface area (Å²) in [5.41, 5.74) is 1.44. The van der Waals surface area contributed by atoms with Crippen molar-refractivity contribution < 1.29 is 23.9 Å². The highest BCUT2D eigenvalue weighted by Crippen LogP contribution is 2.47. The molecule has 4 amide bonds. The molecule has 1 saturated heterocycles. The van der Waals surface area contributed by atoms with Gasteiger partial charge in [0.25, 0.3) is 11.8 Å². The molecule has 216 valence electrons. The zero-order valence-electron chi connectivity index (χ0n) is 23.7. The fourth-order valence-electron chi connectivity index (χ4n) is 6.19. The second kappa shape index (κ2) is 10.2. The van der Waals surface area contributed by atoms with E-state index in [1.807, 2.05) is 12.1 Å². The molecule has 3 aliphatic rings. The largest absolute Gasteiger partial charge is 0.496 e. The third-order valence-electron chi connectivity index (χ3n) is 8.62. The van der Waals surface area contributed by atoms with Crippen molar-refractivity contribution in [1.82, 2.24) is 20.1 Å². The first-order valence-electron chi connectivity index (χ1n) is 14.0. The number of H-pyrrole nitrogens is 1. The first-order chi connectivity index (χ1) is 20.1. The minimum Gasteiger partial charge on any atom is -0.496 e. The van der Waals surface area contributed by atoms with Gasteiger partial charge in [-0.1, -0.05) is 18.9 Å². The van der Waals surface area contributed by atoms with Crippen molar-refractivity contribution >= 4 is 40.2 Å². The van der Waals surface area contributed by atoms with E-state index in [1.165, 1.54) is 9.80 Å². The van der Waals surface area contributed by atoms with Crippen LogP contribution in [-0.2, 0) is 15.0 Å². The summed E-state index contributed by atoms with van der Waals surface area (Å²) in [6, 6.07) is 12.7. The highest BCUT2D eigenvalue weighted by atomic mass is 16.5. The fourth-order valence-corrected chi connectivity index (χ4v) is 6.19. The molecule has 6 rings (SSSR count). The summed E-state index contributed by atoms with van der Waals surface area (Å²) in [4.78, 5) is 59.6. The van der Waals surface area contributed by atoms with Gasteiger partial charge in [-0.3, -0.25) is 19.2 Å². The minimum absolute atomic E-state index is 0.0247. The topological polar surface area (TPSA) is 148 Å². The number of benzene rings is 2. The Morgan fingerprint density at radius 1 is 1.21 bits per heavy atom. The summed E-state index contributed by atoms with van der Waals surface area (Å²) >= 11 is 0. The van der Waals surface area contributed by atoms with E-state index in [0.717, 1.165) is 23.7 Å². The number of likely N-dealkylation sites (tertiary alicyclic amines) is 1. The molecule has 1 saturated carbocycles. The lowest BCUT2D eigenvalue weighted by atomic mass is 9.79. The van der Waals surface area contributed by atoms with E-state index in [2.05, 4.69) is 21.7 Å². The molecule has 3 N–H and O–H groups in total. The molecule has 0 radical (unpaired) electrons. The Morgan fingerprint density at radius 2 is 2.00 bits per heavy atom. The number of nitriles is 1. The summed E-state index contributed by atoms with van der Waals surface area (Å²) in [5.74, 6) is -0.429. The van der Waals surface area contributed by atoms with Gasteiger partial charge in [0.15, 0.2) is 0 Å². The van der Waals surface area contributed by atoms with Crippen LogP contribution in [-0.4, -0.2) is 78.2 Å².